The Hall–Kier alpha value is -0.820. The van der Waals surface area contributed by atoms with Crippen LogP contribution in [0.3, 0.4) is 0 Å². The van der Waals surface area contributed by atoms with Crippen molar-refractivity contribution in [2.75, 3.05) is 7.05 Å². The molecule has 0 aromatic rings. The molecule has 2 atom stereocenters. The van der Waals surface area contributed by atoms with E-state index in [-0.39, 0.29) is 10.8 Å². The molecule has 0 spiro atoms. The maximum atomic E-state index is 3.52. The third-order valence-electron chi connectivity index (χ3n) is 4.51. The molecular formula is C18H31N. The number of allylic oxidation sites excluding steroid dienone is 6. The van der Waals surface area contributed by atoms with Gasteiger partial charge in [-0.25, -0.2) is 0 Å². The van der Waals surface area contributed by atoms with E-state index in [4.69, 9.17) is 0 Å². The van der Waals surface area contributed by atoms with Crippen LogP contribution in [-0.2, 0) is 0 Å². The molecule has 0 fully saturated rings. The quantitative estimate of drug-likeness (QED) is 0.744. The van der Waals surface area contributed by atoms with Crippen molar-refractivity contribution in [1.29, 1.82) is 0 Å². The predicted molar refractivity (Wildman–Crippen MR) is 86.3 cm³/mol. The highest BCUT2D eigenvalue weighted by Crippen LogP contribution is 2.40. The van der Waals surface area contributed by atoms with Crippen LogP contribution in [0, 0.1) is 10.8 Å². The zero-order chi connectivity index (χ0) is 14.5. The smallest absolute Gasteiger partial charge is 0.0121 e. The summed E-state index contributed by atoms with van der Waals surface area (Å²) in [5.41, 5.74) is 2.00. The summed E-state index contributed by atoms with van der Waals surface area (Å²) in [5.74, 6) is 0. The Morgan fingerprint density at radius 1 is 1.21 bits per heavy atom. The van der Waals surface area contributed by atoms with E-state index >= 15 is 0 Å². The summed E-state index contributed by atoms with van der Waals surface area (Å²) >= 11 is 0. The van der Waals surface area contributed by atoms with Gasteiger partial charge in [-0.1, -0.05) is 65.0 Å². The topological polar surface area (TPSA) is 12.0 Å². The van der Waals surface area contributed by atoms with E-state index in [1.54, 1.807) is 0 Å². The number of rotatable bonds is 5. The Kier molecular flexibility index (Phi) is 5.61. The molecule has 1 aliphatic rings. The third-order valence-corrected chi connectivity index (χ3v) is 4.51. The fraction of sp³-hybridized carbons (Fsp3) is 0.667. The molecule has 0 bridgehead atoms. The first-order chi connectivity index (χ1) is 8.83. The summed E-state index contributed by atoms with van der Waals surface area (Å²) < 4.78 is 0. The summed E-state index contributed by atoms with van der Waals surface area (Å²) in [6, 6.07) is 0.527. The number of nitrogens with one attached hydrogen (secondary N) is 1. The summed E-state index contributed by atoms with van der Waals surface area (Å²) in [4.78, 5) is 0. The van der Waals surface area contributed by atoms with Gasteiger partial charge in [-0.3, -0.25) is 0 Å². The number of hydrogen-bond acceptors (Lipinski definition) is 1. The molecule has 0 aliphatic heterocycles. The van der Waals surface area contributed by atoms with Crippen molar-refractivity contribution in [3.63, 3.8) is 0 Å². The first-order valence-corrected chi connectivity index (χ1v) is 7.54. The molecule has 0 aromatic heterocycles. The minimum absolute atomic E-state index is 0.242. The van der Waals surface area contributed by atoms with Crippen molar-refractivity contribution in [2.45, 2.75) is 59.9 Å². The number of hydrogen-bond donors (Lipinski definition) is 1. The predicted octanol–water partition coefficient (Wildman–Crippen LogP) is 4.87. The van der Waals surface area contributed by atoms with Crippen LogP contribution in [-0.4, -0.2) is 13.1 Å². The Labute approximate surface area is 119 Å². The fourth-order valence-corrected chi connectivity index (χ4v) is 2.74. The Morgan fingerprint density at radius 3 is 2.42 bits per heavy atom. The first kappa shape index (κ1) is 16.2. The standard InChI is InChI=1S/C18H31N/c1-7-18(5,14-16(19-6)17(2,3)4)15-12-10-8-9-11-13-15/h8,10-13,16,19H,7,9,14H2,1-6H3. The molecule has 1 heteroatoms. The van der Waals surface area contributed by atoms with Crippen molar-refractivity contribution in [2.24, 2.45) is 10.8 Å². The molecule has 0 saturated carbocycles. The van der Waals surface area contributed by atoms with Crippen LogP contribution in [0.25, 0.3) is 0 Å². The van der Waals surface area contributed by atoms with Crippen LogP contribution in [0.5, 0.6) is 0 Å². The van der Waals surface area contributed by atoms with E-state index < -0.39 is 0 Å². The van der Waals surface area contributed by atoms with Gasteiger partial charge in [0.15, 0.2) is 0 Å². The Balaban J connectivity index is 2.97. The van der Waals surface area contributed by atoms with Crippen molar-refractivity contribution in [3.05, 3.63) is 36.0 Å². The van der Waals surface area contributed by atoms with Crippen molar-refractivity contribution < 1.29 is 0 Å². The van der Waals surface area contributed by atoms with E-state index in [0.29, 0.717) is 6.04 Å². The molecule has 19 heavy (non-hydrogen) atoms. The van der Waals surface area contributed by atoms with Gasteiger partial charge in [0.2, 0.25) is 0 Å². The van der Waals surface area contributed by atoms with Crippen LogP contribution in [0.1, 0.15) is 53.9 Å². The maximum Gasteiger partial charge on any atom is 0.0121 e. The lowest BCUT2D eigenvalue weighted by Crippen LogP contribution is -2.42. The SMILES string of the molecule is CCC(C)(CC(NC)C(C)(C)C)C1=CC=CCC=C1. The van der Waals surface area contributed by atoms with Crippen LogP contribution >= 0.6 is 0 Å². The highest BCUT2D eigenvalue weighted by molar-refractivity contribution is 5.33. The van der Waals surface area contributed by atoms with Gasteiger partial charge in [0, 0.05) is 6.04 Å². The third kappa shape index (κ3) is 4.35. The van der Waals surface area contributed by atoms with Gasteiger partial charge < -0.3 is 5.32 Å². The summed E-state index contributed by atoms with van der Waals surface area (Å²) in [6.45, 7) is 11.7. The molecule has 0 amide bonds. The lowest BCUT2D eigenvalue weighted by molar-refractivity contribution is 0.200. The van der Waals surface area contributed by atoms with E-state index in [2.05, 4.69) is 77.4 Å². The zero-order valence-electron chi connectivity index (χ0n) is 13.6. The van der Waals surface area contributed by atoms with E-state index in [0.717, 1.165) is 6.42 Å². The minimum atomic E-state index is 0.242. The molecule has 1 rings (SSSR count). The Morgan fingerprint density at radius 2 is 1.89 bits per heavy atom. The summed E-state index contributed by atoms with van der Waals surface area (Å²) in [7, 11) is 2.09. The van der Waals surface area contributed by atoms with E-state index in [1.165, 1.54) is 18.4 Å². The summed E-state index contributed by atoms with van der Waals surface area (Å²) in [5, 5.41) is 3.52. The first-order valence-electron chi connectivity index (χ1n) is 7.54. The second-order valence-electron chi connectivity index (χ2n) is 7.01. The average Bonchev–Trinajstić information content (AvgIpc) is 2.63. The van der Waals surface area contributed by atoms with Crippen molar-refractivity contribution in [1.82, 2.24) is 5.32 Å². The van der Waals surface area contributed by atoms with Gasteiger partial charge in [-0.15, -0.1) is 0 Å². The van der Waals surface area contributed by atoms with Gasteiger partial charge in [-0.05, 0) is 42.7 Å². The largest absolute Gasteiger partial charge is 0.316 e. The van der Waals surface area contributed by atoms with Crippen LogP contribution < -0.4 is 5.32 Å². The van der Waals surface area contributed by atoms with Gasteiger partial charge >= 0.3 is 0 Å². The molecule has 0 aromatic carbocycles. The zero-order valence-corrected chi connectivity index (χ0v) is 13.6. The van der Waals surface area contributed by atoms with Gasteiger partial charge in [0.05, 0.1) is 0 Å². The summed E-state index contributed by atoms with van der Waals surface area (Å²) in [6.07, 6.45) is 14.7. The minimum Gasteiger partial charge on any atom is -0.316 e. The monoisotopic (exact) mass is 261 g/mol. The molecule has 1 aliphatic carbocycles. The average molecular weight is 261 g/mol. The van der Waals surface area contributed by atoms with Crippen LogP contribution in [0.2, 0.25) is 0 Å². The molecule has 0 saturated heterocycles. The van der Waals surface area contributed by atoms with E-state index in [1.807, 2.05) is 0 Å². The molecule has 0 radical (unpaired) electrons. The van der Waals surface area contributed by atoms with Gasteiger partial charge in [-0.2, -0.15) is 0 Å². The molecular weight excluding hydrogens is 230 g/mol. The Bertz CT molecular complexity index is 368. The van der Waals surface area contributed by atoms with E-state index in [9.17, 15) is 0 Å². The van der Waals surface area contributed by atoms with Gasteiger partial charge in [0.1, 0.15) is 0 Å². The normalized spacial score (nSPS) is 20.6. The van der Waals surface area contributed by atoms with Gasteiger partial charge in [0.25, 0.3) is 0 Å². The van der Waals surface area contributed by atoms with Crippen LogP contribution in [0.4, 0.5) is 0 Å². The molecule has 1 N–H and O–H groups in total. The second kappa shape index (κ2) is 6.56. The van der Waals surface area contributed by atoms with Crippen molar-refractivity contribution in [3.8, 4) is 0 Å². The molecule has 108 valence electrons. The second-order valence-corrected chi connectivity index (χ2v) is 7.01. The van der Waals surface area contributed by atoms with Crippen molar-refractivity contribution >= 4 is 0 Å². The molecule has 2 unspecified atom stereocenters. The molecule has 0 heterocycles. The molecule has 1 nitrogen and oxygen atoms in total. The maximum absolute atomic E-state index is 3.52. The lowest BCUT2D eigenvalue weighted by Gasteiger charge is -2.39. The fourth-order valence-electron chi connectivity index (χ4n) is 2.74. The van der Waals surface area contributed by atoms with Crippen LogP contribution in [0.15, 0.2) is 36.0 Å². The lowest BCUT2D eigenvalue weighted by atomic mass is 9.69. The highest BCUT2D eigenvalue weighted by Gasteiger charge is 2.33. The highest BCUT2D eigenvalue weighted by atomic mass is 14.9.